The molecule has 0 saturated carbocycles. The molecule has 0 unspecified atom stereocenters. The summed E-state index contributed by atoms with van der Waals surface area (Å²) < 4.78 is 27.0. The Morgan fingerprint density at radius 2 is 1.71 bits per heavy atom. The number of sulfonamides is 1. The van der Waals surface area contributed by atoms with E-state index in [1.165, 1.54) is 24.3 Å². The van der Waals surface area contributed by atoms with E-state index in [9.17, 15) is 18.5 Å². The van der Waals surface area contributed by atoms with Crippen LogP contribution >= 0.6 is 0 Å². The van der Waals surface area contributed by atoms with Crippen LogP contribution in [0.3, 0.4) is 0 Å². The van der Waals surface area contributed by atoms with Crippen LogP contribution in [0.5, 0.6) is 0 Å². The number of nitro groups is 1. The molecule has 0 bridgehead atoms. The van der Waals surface area contributed by atoms with Crippen molar-refractivity contribution < 1.29 is 13.3 Å². The number of nitro benzene ring substituents is 1. The van der Waals surface area contributed by atoms with Gasteiger partial charge in [0.05, 0.1) is 15.5 Å². The number of anilines is 1. The first-order chi connectivity index (χ1) is 9.81. The van der Waals surface area contributed by atoms with Gasteiger partial charge in [-0.05, 0) is 31.5 Å². The molecule has 0 aromatic heterocycles. The van der Waals surface area contributed by atoms with Crippen LogP contribution in [0, 0.1) is 24.0 Å². The van der Waals surface area contributed by atoms with Crippen molar-refractivity contribution in [1.29, 1.82) is 0 Å². The summed E-state index contributed by atoms with van der Waals surface area (Å²) in [4.78, 5) is 10.5. The zero-order valence-corrected chi connectivity index (χ0v) is 12.3. The molecule has 2 rings (SSSR count). The Morgan fingerprint density at radius 3 is 2.33 bits per heavy atom. The third kappa shape index (κ3) is 3.19. The zero-order valence-electron chi connectivity index (χ0n) is 11.5. The molecule has 0 fully saturated rings. The van der Waals surface area contributed by atoms with Crippen molar-refractivity contribution in [2.75, 3.05) is 4.72 Å². The fraction of sp³-hybridized carbons (Fsp3) is 0.143. The molecule has 110 valence electrons. The van der Waals surface area contributed by atoms with Gasteiger partial charge in [0.25, 0.3) is 15.7 Å². The number of aryl methyl sites for hydroxylation is 2. The van der Waals surface area contributed by atoms with E-state index in [0.29, 0.717) is 11.1 Å². The minimum absolute atomic E-state index is 0.125. The molecule has 1 N–H and O–H groups in total. The maximum Gasteiger partial charge on any atom is 0.274 e. The zero-order chi connectivity index (χ0) is 15.6. The average Bonchev–Trinajstić information content (AvgIpc) is 2.40. The lowest BCUT2D eigenvalue weighted by molar-refractivity contribution is -0.385. The summed E-state index contributed by atoms with van der Waals surface area (Å²) in [5.74, 6) is 0. The van der Waals surface area contributed by atoms with Gasteiger partial charge in [-0.2, -0.15) is 0 Å². The van der Waals surface area contributed by atoms with Crippen LogP contribution in [0.25, 0.3) is 0 Å². The summed E-state index contributed by atoms with van der Waals surface area (Å²) in [5, 5.41) is 10.9. The van der Waals surface area contributed by atoms with Gasteiger partial charge in [0.1, 0.15) is 0 Å². The van der Waals surface area contributed by atoms with Crippen LogP contribution in [-0.2, 0) is 10.0 Å². The molecule has 7 heteroatoms. The second-order valence-corrected chi connectivity index (χ2v) is 6.28. The Morgan fingerprint density at radius 1 is 1.05 bits per heavy atom. The van der Waals surface area contributed by atoms with Crippen LogP contribution in [0.15, 0.2) is 47.4 Å². The number of hydrogen-bond acceptors (Lipinski definition) is 4. The second kappa shape index (κ2) is 5.53. The fourth-order valence-corrected chi connectivity index (χ4v) is 3.23. The molecule has 0 atom stereocenters. The molecular weight excluding hydrogens is 292 g/mol. The van der Waals surface area contributed by atoms with Gasteiger partial charge in [-0.3, -0.25) is 14.8 Å². The maximum atomic E-state index is 12.3. The Bertz CT molecular complexity index is 800. The lowest BCUT2D eigenvalue weighted by atomic mass is 10.2. The Balaban J connectivity index is 2.40. The van der Waals surface area contributed by atoms with E-state index in [1.54, 1.807) is 32.0 Å². The summed E-state index contributed by atoms with van der Waals surface area (Å²) in [6.45, 7) is 3.28. The highest BCUT2D eigenvalue weighted by Gasteiger charge is 2.18. The van der Waals surface area contributed by atoms with Gasteiger partial charge in [-0.25, -0.2) is 8.42 Å². The molecule has 0 aliphatic heterocycles. The highest BCUT2D eigenvalue weighted by atomic mass is 32.2. The number of benzene rings is 2. The van der Waals surface area contributed by atoms with E-state index in [2.05, 4.69) is 4.72 Å². The topological polar surface area (TPSA) is 89.3 Å². The summed E-state index contributed by atoms with van der Waals surface area (Å²) in [7, 11) is -3.77. The number of hydrogen-bond donors (Lipinski definition) is 1. The standard InChI is InChI=1S/C14H14N2O4S/c1-10-7-8-12(9-13(10)16(17)18)15-21(19,20)14-6-4-3-5-11(14)2/h3-9,15H,1-2H3. The van der Waals surface area contributed by atoms with Crippen LogP contribution < -0.4 is 4.72 Å². The molecule has 0 aliphatic carbocycles. The van der Waals surface area contributed by atoms with Crippen molar-refractivity contribution in [2.45, 2.75) is 18.7 Å². The predicted molar refractivity (Wildman–Crippen MR) is 79.8 cm³/mol. The van der Waals surface area contributed by atoms with E-state index in [0.717, 1.165) is 0 Å². The lowest BCUT2D eigenvalue weighted by Crippen LogP contribution is -2.14. The third-order valence-electron chi connectivity index (χ3n) is 3.04. The summed E-state index contributed by atoms with van der Waals surface area (Å²) in [6.07, 6.45) is 0. The summed E-state index contributed by atoms with van der Waals surface area (Å²) in [6, 6.07) is 10.8. The van der Waals surface area contributed by atoms with Crippen molar-refractivity contribution in [1.82, 2.24) is 0 Å². The first kappa shape index (κ1) is 15.0. The molecule has 0 aliphatic rings. The Labute approximate surface area is 122 Å². The van der Waals surface area contributed by atoms with Gasteiger partial charge in [-0.15, -0.1) is 0 Å². The van der Waals surface area contributed by atoms with Gasteiger partial charge >= 0.3 is 0 Å². The molecular formula is C14H14N2O4S. The molecule has 0 saturated heterocycles. The third-order valence-corrected chi connectivity index (χ3v) is 4.58. The summed E-state index contributed by atoms with van der Waals surface area (Å²) >= 11 is 0. The van der Waals surface area contributed by atoms with Crippen molar-refractivity contribution >= 4 is 21.4 Å². The smallest absolute Gasteiger partial charge is 0.274 e. The number of nitrogens with zero attached hydrogens (tertiary/aromatic N) is 1. The summed E-state index contributed by atoms with van der Waals surface area (Å²) in [5.41, 5.74) is 1.11. The highest BCUT2D eigenvalue weighted by molar-refractivity contribution is 7.92. The largest absolute Gasteiger partial charge is 0.279 e. The first-order valence-electron chi connectivity index (χ1n) is 6.15. The average molecular weight is 306 g/mol. The maximum absolute atomic E-state index is 12.3. The van der Waals surface area contributed by atoms with Crippen molar-refractivity contribution in [3.8, 4) is 0 Å². The molecule has 6 nitrogen and oxygen atoms in total. The number of rotatable bonds is 4. The SMILES string of the molecule is Cc1ccc(NS(=O)(=O)c2ccccc2C)cc1[N+](=O)[O-]. The van der Waals surface area contributed by atoms with E-state index in [4.69, 9.17) is 0 Å². The quantitative estimate of drug-likeness (QED) is 0.694. The molecule has 2 aromatic carbocycles. The Hall–Kier alpha value is -2.41. The first-order valence-corrected chi connectivity index (χ1v) is 7.63. The fourth-order valence-electron chi connectivity index (χ4n) is 1.94. The lowest BCUT2D eigenvalue weighted by Gasteiger charge is -2.10. The van der Waals surface area contributed by atoms with Crippen molar-refractivity contribution in [3.63, 3.8) is 0 Å². The molecule has 0 radical (unpaired) electrons. The van der Waals surface area contributed by atoms with Gasteiger partial charge in [0.15, 0.2) is 0 Å². The van der Waals surface area contributed by atoms with Crippen LogP contribution in [-0.4, -0.2) is 13.3 Å². The monoisotopic (exact) mass is 306 g/mol. The van der Waals surface area contributed by atoms with E-state index in [1.807, 2.05) is 0 Å². The van der Waals surface area contributed by atoms with Crippen LogP contribution in [0.4, 0.5) is 11.4 Å². The minimum Gasteiger partial charge on any atom is -0.279 e. The highest BCUT2D eigenvalue weighted by Crippen LogP contribution is 2.25. The molecule has 2 aromatic rings. The normalized spacial score (nSPS) is 11.1. The van der Waals surface area contributed by atoms with Gasteiger partial charge in [-0.1, -0.05) is 24.3 Å². The van der Waals surface area contributed by atoms with Crippen molar-refractivity contribution in [2.24, 2.45) is 0 Å². The predicted octanol–water partition coefficient (Wildman–Crippen LogP) is 3.01. The van der Waals surface area contributed by atoms with E-state index in [-0.39, 0.29) is 16.3 Å². The molecule has 0 spiro atoms. The van der Waals surface area contributed by atoms with Gasteiger partial charge < -0.3 is 0 Å². The van der Waals surface area contributed by atoms with E-state index < -0.39 is 14.9 Å². The van der Waals surface area contributed by atoms with Crippen molar-refractivity contribution in [3.05, 3.63) is 63.7 Å². The van der Waals surface area contributed by atoms with E-state index >= 15 is 0 Å². The molecule has 21 heavy (non-hydrogen) atoms. The molecule has 0 amide bonds. The van der Waals surface area contributed by atoms with Gasteiger partial charge in [0.2, 0.25) is 0 Å². The second-order valence-electron chi connectivity index (χ2n) is 4.63. The molecule has 0 heterocycles. The minimum atomic E-state index is -3.77. The van der Waals surface area contributed by atoms with Gasteiger partial charge in [0, 0.05) is 11.6 Å². The Kier molecular flexibility index (Phi) is 3.95. The van der Waals surface area contributed by atoms with Crippen LogP contribution in [0.1, 0.15) is 11.1 Å². The number of nitrogens with one attached hydrogen (secondary N) is 1. The van der Waals surface area contributed by atoms with Crippen LogP contribution in [0.2, 0.25) is 0 Å².